The van der Waals surface area contributed by atoms with E-state index in [1.165, 1.54) is 18.5 Å². The molecule has 5 nitrogen and oxygen atoms in total. The SMILES string of the molecule is NCCSCC(O)(Cn1cncn1)c1ccc(F)cc1. The minimum Gasteiger partial charge on any atom is -0.382 e. The number of hydrogen-bond donors (Lipinski definition) is 2. The minimum absolute atomic E-state index is 0.260. The predicted molar refractivity (Wildman–Crippen MR) is 76.7 cm³/mol. The van der Waals surface area contributed by atoms with Gasteiger partial charge in [0.05, 0.1) is 6.54 Å². The molecule has 0 aliphatic rings. The van der Waals surface area contributed by atoms with E-state index in [4.69, 9.17) is 5.73 Å². The van der Waals surface area contributed by atoms with Gasteiger partial charge < -0.3 is 10.8 Å². The number of thioether (sulfide) groups is 1. The highest BCUT2D eigenvalue weighted by molar-refractivity contribution is 7.99. The normalized spacial score (nSPS) is 14.2. The zero-order valence-electron chi connectivity index (χ0n) is 10.9. The largest absolute Gasteiger partial charge is 0.382 e. The lowest BCUT2D eigenvalue weighted by Gasteiger charge is -2.28. The van der Waals surface area contributed by atoms with Crippen molar-refractivity contribution < 1.29 is 9.50 Å². The molecule has 0 aliphatic heterocycles. The van der Waals surface area contributed by atoms with Crippen LogP contribution in [0.2, 0.25) is 0 Å². The molecule has 1 unspecified atom stereocenters. The van der Waals surface area contributed by atoms with E-state index >= 15 is 0 Å². The van der Waals surface area contributed by atoms with E-state index in [9.17, 15) is 9.50 Å². The van der Waals surface area contributed by atoms with Crippen molar-refractivity contribution in [2.75, 3.05) is 18.1 Å². The van der Waals surface area contributed by atoms with E-state index < -0.39 is 5.60 Å². The monoisotopic (exact) mass is 296 g/mol. The number of rotatable bonds is 7. The Labute approximate surface area is 121 Å². The maximum atomic E-state index is 13.0. The Bertz CT molecular complexity index is 520. The molecule has 0 saturated heterocycles. The predicted octanol–water partition coefficient (Wildman–Crippen LogP) is 0.997. The van der Waals surface area contributed by atoms with Crippen molar-refractivity contribution in [3.8, 4) is 0 Å². The number of hydrogen-bond acceptors (Lipinski definition) is 5. The van der Waals surface area contributed by atoms with Crippen LogP contribution in [0.5, 0.6) is 0 Å². The molecule has 3 N–H and O–H groups in total. The van der Waals surface area contributed by atoms with Crippen molar-refractivity contribution in [1.82, 2.24) is 14.8 Å². The summed E-state index contributed by atoms with van der Waals surface area (Å²) in [5.41, 5.74) is 4.99. The highest BCUT2D eigenvalue weighted by Crippen LogP contribution is 2.27. The van der Waals surface area contributed by atoms with Crippen LogP contribution >= 0.6 is 11.8 Å². The van der Waals surface area contributed by atoms with Gasteiger partial charge in [-0.25, -0.2) is 14.1 Å². The fourth-order valence-electron chi connectivity index (χ4n) is 1.89. The van der Waals surface area contributed by atoms with Crippen LogP contribution in [0.3, 0.4) is 0 Å². The lowest BCUT2D eigenvalue weighted by Crippen LogP contribution is -2.35. The summed E-state index contributed by atoms with van der Waals surface area (Å²) in [4.78, 5) is 3.86. The molecule has 1 aromatic carbocycles. The molecule has 2 rings (SSSR count). The van der Waals surface area contributed by atoms with Crippen LogP contribution in [0.1, 0.15) is 5.56 Å². The zero-order chi connectivity index (χ0) is 14.4. The van der Waals surface area contributed by atoms with E-state index in [-0.39, 0.29) is 12.4 Å². The van der Waals surface area contributed by atoms with Gasteiger partial charge in [0.1, 0.15) is 24.1 Å². The van der Waals surface area contributed by atoms with Crippen LogP contribution in [0.4, 0.5) is 4.39 Å². The fourth-order valence-corrected chi connectivity index (χ4v) is 2.79. The smallest absolute Gasteiger partial charge is 0.137 e. The van der Waals surface area contributed by atoms with Crippen molar-refractivity contribution in [1.29, 1.82) is 0 Å². The highest BCUT2D eigenvalue weighted by atomic mass is 32.2. The zero-order valence-corrected chi connectivity index (χ0v) is 11.8. The van der Waals surface area contributed by atoms with Crippen LogP contribution in [0.15, 0.2) is 36.9 Å². The second-order valence-electron chi connectivity index (χ2n) is 4.47. The Kier molecular flexibility index (Phi) is 5.11. The average Bonchev–Trinajstić information content (AvgIpc) is 2.92. The number of halogens is 1. The third-order valence-electron chi connectivity index (χ3n) is 2.87. The van der Waals surface area contributed by atoms with Gasteiger partial charge in [-0.3, -0.25) is 0 Å². The summed E-state index contributed by atoms with van der Waals surface area (Å²) in [5, 5.41) is 14.9. The van der Waals surface area contributed by atoms with E-state index in [2.05, 4.69) is 10.1 Å². The number of nitrogens with two attached hydrogens (primary N) is 1. The van der Waals surface area contributed by atoms with Crippen LogP contribution in [-0.4, -0.2) is 37.9 Å². The van der Waals surface area contributed by atoms with Gasteiger partial charge in [0.2, 0.25) is 0 Å². The molecule has 7 heteroatoms. The number of aromatic nitrogens is 3. The first kappa shape index (κ1) is 15.0. The standard InChI is InChI=1S/C13H17FN4OS/c14-12-3-1-11(2-4-12)13(19,8-20-6-5-15)7-18-10-16-9-17-18/h1-4,9-10,19H,5-8,15H2. The maximum Gasteiger partial charge on any atom is 0.137 e. The second-order valence-corrected chi connectivity index (χ2v) is 5.58. The third-order valence-corrected chi connectivity index (χ3v) is 4.08. The van der Waals surface area contributed by atoms with Gasteiger partial charge in [-0.2, -0.15) is 16.9 Å². The minimum atomic E-state index is -1.14. The summed E-state index contributed by atoms with van der Waals surface area (Å²) in [5.74, 6) is 0.878. The van der Waals surface area contributed by atoms with Crippen molar-refractivity contribution in [2.45, 2.75) is 12.1 Å². The Morgan fingerprint density at radius 1 is 1.35 bits per heavy atom. The van der Waals surface area contributed by atoms with Crippen molar-refractivity contribution in [2.24, 2.45) is 5.73 Å². The van der Waals surface area contributed by atoms with Crippen LogP contribution < -0.4 is 5.73 Å². The van der Waals surface area contributed by atoms with E-state index in [1.54, 1.807) is 34.9 Å². The highest BCUT2D eigenvalue weighted by Gasteiger charge is 2.30. The lowest BCUT2D eigenvalue weighted by atomic mass is 9.96. The van der Waals surface area contributed by atoms with Crippen molar-refractivity contribution >= 4 is 11.8 Å². The molecule has 0 spiro atoms. The van der Waals surface area contributed by atoms with Gasteiger partial charge in [-0.05, 0) is 17.7 Å². The van der Waals surface area contributed by atoms with Gasteiger partial charge in [0.15, 0.2) is 0 Å². The first-order valence-electron chi connectivity index (χ1n) is 6.23. The summed E-state index contributed by atoms with van der Waals surface area (Å²) < 4.78 is 14.6. The van der Waals surface area contributed by atoms with E-state index in [0.29, 0.717) is 17.9 Å². The Hall–Kier alpha value is -1.44. The summed E-state index contributed by atoms with van der Waals surface area (Å²) in [6.45, 7) is 0.809. The Balaban J connectivity index is 2.20. The molecule has 0 amide bonds. The molecule has 1 aromatic heterocycles. The molecule has 0 radical (unpaired) electrons. The topological polar surface area (TPSA) is 77.0 Å². The maximum absolute atomic E-state index is 13.0. The average molecular weight is 296 g/mol. The molecule has 1 atom stereocenters. The number of aliphatic hydroxyl groups is 1. The van der Waals surface area contributed by atoms with Gasteiger partial charge in [-0.15, -0.1) is 0 Å². The molecule has 1 heterocycles. The van der Waals surface area contributed by atoms with Crippen LogP contribution in [0.25, 0.3) is 0 Å². The molecule has 0 aliphatic carbocycles. The van der Waals surface area contributed by atoms with Gasteiger partial charge in [-0.1, -0.05) is 12.1 Å². The number of benzene rings is 1. The summed E-state index contributed by atoms with van der Waals surface area (Å²) >= 11 is 1.55. The van der Waals surface area contributed by atoms with Gasteiger partial charge >= 0.3 is 0 Å². The lowest BCUT2D eigenvalue weighted by molar-refractivity contribution is 0.0396. The second kappa shape index (κ2) is 6.83. The van der Waals surface area contributed by atoms with Gasteiger partial charge in [0.25, 0.3) is 0 Å². The van der Waals surface area contributed by atoms with Crippen molar-refractivity contribution in [3.63, 3.8) is 0 Å². The van der Waals surface area contributed by atoms with Crippen molar-refractivity contribution in [3.05, 3.63) is 48.3 Å². The molecule has 20 heavy (non-hydrogen) atoms. The summed E-state index contributed by atoms with van der Waals surface area (Å²) in [7, 11) is 0. The first-order chi connectivity index (χ1) is 9.64. The fraction of sp³-hybridized carbons (Fsp3) is 0.385. The molecule has 0 bridgehead atoms. The summed E-state index contributed by atoms with van der Waals surface area (Å²) in [6.07, 6.45) is 2.96. The third kappa shape index (κ3) is 3.78. The first-order valence-corrected chi connectivity index (χ1v) is 7.38. The Morgan fingerprint density at radius 3 is 2.70 bits per heavy atom. The molecular formula is C13H17FN4OS. The quantitative estimate of drug-likeness (QED) is 0.745. The molecule has 0 fully saturated rings. The van der Waals surface area contributed by atoms with E-state index in [0.717, 1.165) is 5.75 Å². The molecule has 108 valence electrons. The van der Waals surface area contributed by atoms with Crippen LogP contribution in [-0.2, 0) is 12.1 Å². The van der Waals surface area contributed by atoms with Crippen LogP contribution in [0, 0.1) is 5.82 Å². The molecule has 2 aromatic rings. The Morgan fingerprint density at radius 2 is 2.10 bits per heavy atom. The number of nitrogens with zero attached hydrogens (tertiary/aromatic N) is 3. The molecular weight excluding hydrogens is 279 g/mol. The molecule has 0 saturated carbocycles. The van der Waals surface area contributed by atoms with E-state index in [1.807, 2.05) is 0 Å². The van der Waals surface area contributed by atoms with Gasteiger partial charge in [0, 0.05) is 18.1 Å². The summed E-state index contributed by atoms with van der Waals surface area (Å²) in [6, 6.07) is 5.87.